The van der Waals surface area contributed by atoms with E-state index < -0.39 is 0 Å². The number of carbonyl (C=O) groups excluding carboxylic acids is 1. The normalized spacial score (nSPS) is 13.0. The predicted octanol–water partition coefficient (Wildman–Crippen LogP) is 2.60. The van der Waals surface area contributed by atoms with E-state index in [2.05, 4.69) is 5.32 Å². The molecule has 1 N–H and O–H groups in total. The fourth-order valence-electron chi connectivity index (χ4n) is 2.33. The highest BCUT2D eigenvalue weighted by molar-refractivity contribution is 5.95. The Labute approximate surface area is 122 Å². The second kappa shape index (κ2) is 5.52. The van der Waals surface area contributed by atoms with Crippen LogP contribution in [0.2, 0.25) is 0 Å². The fourth-order valence-corrected chi connectivity index (χ4v) is 2.33. The third kappa shape index (κ3) is 2.86. The number of benzene rings is 1. The Morgan fingerprint density at radius 3 is 2.62 bits per heavy atom. The van der Waals surface area contributed by atoms with Crippen LogP contribution in [-0.4, -0.2) is 19.1 Å². The van der Waals surface area contributed by atoms with E-state index >= 15 is 0 Å². The molecule has 1 aromatic carbocycles. The van der Waals surface area contributed by atoms with E-state index in [1.165, 1.54) is 0 Å². The molecule has 1 amide bonds. The van der Waals surface area contributed by atoms with Crippen LogP contribution in [0.4, 0.5) is 0 Å². The molecule has 110 valence electrons. The Bertz CT molecular complexity index is 675. The quantitative estimate of drug-likeness (QED) is 0.942. The van der Waals surface area contributed by atoms with Gasteiger partial charge in [0.2, 0.25) is 0 Å². The van der Waals surface area contributed by atoms with E-state index in [0.29, 0.717) is 31.1 Å². The SMILES string of the molecule is Cc1cc(C(=O)NCc2ccc3c(c2)OCCO3)c(C)o1. The summed E-state index contributed by atoms with van der Waals surface area (Å²) in [5.41, 5.74) is 1.54. The number of hydrogen-bond donors (Lipinski definition) is 1. The molecule has 0 fully saturated rings. The van der Waals surface area contributed by atoms with Crippen LogP contribution in [0.1, 0.15) is 27.4 Å². The van der Waals surface area contributed by atoms with Gasteiger partial charge in [0.15, 0.2) is 11.5 Å². The number of furan rings is 1. The molecule has 3 rings (SSSR count). The van der Waals surface area contributed by atoms with Crippen LogP contribution in [0.5, 0.6) is 11.5 Å². The van der Waals surface area contributed by atoms with E-state index in [-0.39, 0.29) is 5.91 Å². The number of amides is 1. The molecule has 5 nitrogen and oxygen atoms in total. The summed E-state index contributed by atoms with van der Waals surface area (Å²) >= 11 is 0. The molecule has 0 spiro atoms. The fraction of sp³-hybridized carbons (Fsp3) is 0.312. The first kappa shape index (κ1) is 13.5. The third-order valence-corrected chi connectivity index (χ3v) is 3.35. The first-order valence-electron chi connectivity index (χ1n) is 6.87. The van der Waals surface area contributed by atoms with Crippen LogP contribution in [-0.2, 0) is 6.54 Å². The van der Waals surface area contributed by atoms with Crippen molar-refractivity contribution in [2.75, 3.05) is 13.2 Å². The topological polar surface area (TPSA) is 60.7 Å². The average Bonchev–Trinajstić information content (AvgIpc) is 2.83. The smallest absolute Gasteiger partial charge is 0.255 e. The molecule has 21 heavy (non-hydrogen) atoms. The Kier molecular flexibility index (Phi) is 3.56. The summed E-state index contributed by atoms with van der Waals surface area (Å²) in [6.45, 7) is 5.16. The van der Waals surface area contributed by atoms with Crippen molar-refractivity contribution in [2.45, 2.75) is 20.4 Å². The Hall–Kier alpha value is -2.43. The molecule has 1 aliphatic rings. The summed E-state index contributed by atoms with van der Waals surface area (Å²) < 4.78 is 16.4. The van der Waals surface area contributed by atoms with Gasteiger partial charge < -0.3 is 19.2 Å². The zero-order valence-electron chi connectivity index (χ0n) is 12.1. The van der Waals surface area contributed by atoms with Crippen LogP contribution in [0.15, 0.2) is 28.7 Å². The minimum absolute atomic E-state index is 0.140. The maximum atomic E-state index is 12.1. The van der Waals surface area contributed by atoms with Gasteiger partial charge in [-0.05, 0) is 37.6 Å². The highest BCUT2D eigenvalue weighted by atomic mass is 16.6. The number of ether oxygens (including phenoxy) is 2. The van der Waals surface area contributed by atoms with E-state index in [9.17, 15) is 4.79 Å². The summed E-state index contributed by atoms with van der Waals surface area (Å²) in [6.07, 6.45) is 0. The lowest BCUT2D eigenvalue weighted by atomic mass is 10.1. The third-order valence-electron chi connectivity index (χ3n) is 3.35. The molecule has 2 heterocycles. The van der Waals surface area contributed by atoms with Gasteiger partial charge in [-0.25, -0.2) is 0 Å². The van der Waals surface area contributed by atoms with Crippen molar-refractivity contribution >= 4 is 5.91 Å². The van der Waals surface area contributed by atoms with Crippen LogP contribution < -0.4 is 14.8 Å². The average molecular weight is 287 g/mol. The monoisotopic (exact) mass is 287 g/mol. The van der Waals surface area contributed by atoms with Gasteiger partial charge in [-0.15, -0.1) is 0 Å². The van der Waals surface area contributed by atoms with Gasteiger partial charge in [-0.3, -0.25) is 4.79 Å². The van der Waals surface area contributed by atoms with Crippen LogP contribution in [0, 0.1) is 13.8 Å². The van der Waals surface area contributed by atoms with Crippen molar-refractivity contribution in [3.63, 3.8) is 0 Å². The van der Waals surface area contributed by atoms with Crippen molar-refractivity contribution in [1.29, 1.82) is 0 Å². The lowest BCUT2D eigenvalue weighted by molar-refractivity contribution is 0.0949. The van der Waals surface area contributed by atoms with Gasteiger partial charge in [0.05, 0.1) is 5.56 Å². The second-order valence-electron chi connectivity index (χ2n) is 4.99. The van der Waals surface area contributed by atoms with Gasteiger partial charge in [0.25, 0.3) is 5.91 Å². The maximum absolute atomic E-state index is 12.1. The molecular weight excluding hydrogens is 270 g/mol. The van der Waals surface area contributed by atoms with E-state index in [1.54, 1.807) is 13.0 Å². The summed E-state index contributed by atoms with van der Waals surface area (Å²) in [5, 5.41) is 2.88. The van der Waals surface area contributed by atoms with Crippen LogP contribution in [0.3, 0.4) is 0 Å². The van der Waals surface area contributed by atoms with E-state index in [0.717, 1.165) is 22.8 Å². The molecule has 1 aliphatic heterocycles. The van der Waals surface area contributed by atoms with Gasteiger partial charge in [0, 0.05) is 6.54 Å². The summed E-state index contributed by atoms with van der Waals surface area (Å²) in [4.78, 5) is 12.1. The highest BCUT2D eigenvalue weighted by Gasteiger charge is 2.15. The first-order chi connectivity index (χ1) is 10.1. The number of rotatable bonds is 3. The standard InChI is InChI=1S/C16H17NO4/c1-10-7-13(11(2)21-10)16(18)17-9-12-3-4-14-15(8-12)20-6-5-19-14/h3-4,7-8H,5-6,9H2,1-2H3,(H,17,18). The first-order valence-corrected chi connectivity index (χ1v) is 6.87. The molecule has 1 aromatic heterocycles. The molecule has 2 aromatic rings. The minimum atomic E-state index is -0.140. The Morgan fingerprint density at radius 1 is 1.14 bits per heavy atom. The van der Waals surface area contributed by atoms with Crippen molar-refractivity contribution in [3.05, 3.63) is 46.9 Å². The molecule has 0 radical (unpaired) electrons. The highest BCUT2D eigenvalue weighted by Crippen LogP contribution is 2.30. The van der Waals surface area contributed by atoms with E-state index in [4.69, 9.17) is 13.9 Å². The summed E-state index contributed by atoms with van der Waals surface area (Å²) in [7, 11) is 0. The molecule has 0 bridgehead atoms. The van der Waals surface area contributed by atoms with Crippen LogP contribution >= 0.6 is 0 Å². The number of hydrogen-bond acceptors (Lipinski definition) is 4. The number of aryl methyl sites for hydroxylation is 2. The lowest BCUT2D eigenvalue weighted by Crippen LogP contribution is -2.23. The Morgan fingerprint density at radius 2 is 1.90 bits per heavy atom. The maximum Gasteiger partial charge on any atom is 0.255 e. The zero-order valence-corrected chi connectivity index (χ0v) is 12.1. The molecule has 0 aliphatic carbocycles. The number of fused-ring (bicyclic) bond motifs is 1. The van der Waals surface area contributed by atoms with Gasteiger partial charge in [-0.2, -0.15) is 0 Å². The van der Waals surface area contributed by atoms with Crippen LogP contribution in [0.25, 0.3) is 0 Å². The van der Waals surface area contributed by atoms with Gasteiger partial charge >= 0.3 is 0 Å². The molecule has 0 saturated carbocycles. The lowest BCUT2D eigenvalue weighted by Gasteiger charge is -2.18. The predicted molar refractivity (Wildman–Crippen MR) is 76.8 cm³/mol. The van der Waals surface area contributed by atoms with Gasteiger partial charge in [0.1, 0.15) is 24.7 Å². The second-order valence-corrected chi connectivity index (χ2v) is 4.99. The molecule has 5 heteroatoms. The number of nitrogens with one attached hydrogen (secondary N) is 1. The van der Waals surface area contributed by atoms with Gasteiger partial charge in [-0.1, -0.05) is 6.07 Å². The minimum Gasteiger partial charge on any atom is -0.486 e. The van der Waals surface area contributed by atoms with Crippen molar-refractivity contribution in [3.8, 4) is 11.5 Å². The molecule has 0 unspecified atom stereocenters. The summed E-state index contributed by atoms with van der Waals surface area (Å²) in [6, 6.07) is 7.42. The van der Waals surface area contributed by atoms with E-state index in [1.807, 2.05) is 25.1 Å². The van der Waals surface area contributed by atoms with Crippen molar-refractivity contribution in [2.24, 2.45) is 0 Å². The molecule has 0 saturated heterocycles. The van der Waals surface area contributed by atoms with Crippen molar-refractivity contribution in [1.82, 2.24) is 5.32 Å². The van der Waals surface area contributed by atoms with Crippen molar-refractivity contribution < 1.29 is 18.7 Å². The largest absolute Gasteiger partial charge is 0.486 e. The molecule has 0 atom stereocenters. The summed E-state index contributed by atoms with van der Waals surface area (Å²) in [5.74, 6) is 2.70. The zero-order chi connectivity index (χ0) is 14.8. The number of carbonyl (C=O) groups is 1. The Balaban J connectivity index is 1.67. The molecular formula is C16H17NO4.